The van der Waals surface area contributed by atoms with Crippen LogP contribution in [-0.2, 0) is 44.4 Å². The fourth-order valence-corrected chi connectivity index (χ4v) is 6.02. The van der Waals surface area contributed by atoms with E-state index in [1.807, 2.05) is 0 Å². The minimum absolute atomic E-state index is 0.130. The number of aliphatic hydroxyl groups excluding tert-OH is 6. The first-order valence-corrected chi connectivity index (χ1v) is 17.0. The third-order valence-corrected chi connectivity index (χ3v) is 9.30. The predicted molar refractivity (Wildman–Crippen MR) is 179 cm³/mol. The Kier molecular flexibility index (Phi) is 13.7. The van der Waals surface area contributed by atoms with Crippen molar-refractivity contribution in [1.29, 1.82) is 0 Å². The van der Waals surface area contributed by atoms with Gasteiger partial charge < -0.3 is 89.0 Å². The van der Waals surface area contributed by atoms with Gasteiger partial charge in [-0.05, 0) is 54.8 Å². The first-order chi connectivity index (χ1) is 25.6. The molecule has 13 atom stereocenters. The molecule has 3 saturated heterocycles. The van der Waals surface area contributed by atoms with Crippen LogP contribution in [0.3, 0.4) is 0 Å². The van der Waals surface area contributed by atoms with E-state index in [2.05, 4.69) is 0 Å². The van der Waals surface area contributed by atoms with Crippen LogP contribution >= 0.6 is 0 Å². The van der Waals surface area contributed by atoms with Crippen LogP contribution in [0.2, 0.25) is 0 Å². The lowest BCUT2D eigenvalue weighted by atomic mass is 9.96. The number of hydrogen-bond acceptors (Lipinski definition) is 19. The van der Waals surface area contributed by atoms with E-state index in [4.69, 9.17) is 37.9 Å². The molecule has 0 saturated carbocycles. The van der Waals surface area contributed by atoms with Gasteiger partial charge in [0.2, 0.25) is 0 Å². The van der Waals surface area contributed by atoms with Crippen molar-refractivity contribution in [2.75, 3.05) is 33.5 Å². The molecule has 10 N–H and O–H groups in total. The van der Waals surface area contributed by atoms with E-state index >= 15 is 0 Å². The lowest BCUT2D eigenvalue weighted by Gasteiger charge is -2.46. The number of phenols is 3. The highest BCUT2D eigenvalue weighted by atomic mass is 16.8. The van der Waals surface area contributed by atoms with Gasteiger partial charge in [-0.2, -0.15) is 0 Å². The van der Waals surface area contributed by atoms with Crippen molar-refractivity contribution >= 4 is 12.0 Å². The number of methoxy groups -OCH3 is 1. The van der Waals surface area contributed by atoms with Gasteiger partial charge >= 0.3 is 5.97 Å². The van der Waals surface area contributed by atoms with Gasteiger partial charge in [0.25, 0.3) is 0 Å². The van der Waals surface area contributed by atoms with Crippen LogP contribution in [0.4, 0.5) is 0 Å². The highest BCUT2D eigenvalue weighted by Crippen LogP contribution is 2.34. The number of esters is 1. The first kappa shape index (κ1) is 41.5. The summed E-state index contributed by atoms with van der Waals surface area (Å²) in [5.74, 6) is -1.72. The monoisotopic (exact) mass is 770 g/mol. The number of benzene rings is 2. The van der Waals surface area contributed by atoms with Gasteiger partial charge in [0, 0.05) is 6.08 Å². The maximum Gasteiger partial charge on any atom is 0.331 e. The minimum atomic E-state index is -2.04. The molecule has 300 valence electrons. The standard InChI is InChI=1S/C35H46O19/c1-16-25(41)26(42)27(43)33(51-16)54-30-28(44)32(48-10-9-18-3-6-19(37)21(39)11-18)52-23(13-49-34-31(45)35(46,14-36)15-50-34)29(30)53-24(40)8-5-17-4-7-20(38)22(12-17)47-2/h3-8,11-12,16,23,25-34,36-39,41-46H,9-10,13-15H2,1-2H3/b8-5+/t16-,23+,25-,26+,27+,28+,29+,30+,31?,32+,33-,34?,35?/m0/s1. The summed E-state index contributed by atoms with van der Waals surface area (Å²) in [4.78, 5) is 13.3. The third kappa shape index (κ3) is 9.40. The highest BCUT2D eigenvalue weighted by molar-refractivity contribution is 5.87. The van der Waals surface area contributed by atoms with Crippen molar-refractivity contribution in [3.8, 4) is 23.0 Å². The zero-order valence-electron chi connectivity index (χ0n) is 29.2. The third-order valence-electron chi connectivity index (χ3n) is 9.30. The zero-order chi connectivity index (χ0) is 39.3. The Balaban J connectivity index is 1.42. The second kappa shape index (κ2) is 17.9. The summed E-state index contributed by atoms with van der Waals surface area (Å²) < 4.78 is 45.4. The fraction of sp³-hybridized carbons (Fsp3) is 0.571. The van der Waals surface area contributed by atoms with Gasteiger partial charge in [-0.3, -0.25) is 0 Å². The molecule has 3 aliphatic heterocycles. The van der Waals surface area contributed by atoms with Crippen molar-refractivity contribution < 1.29 is 93.8 Å². The molecule has 3 aliphatic rings. The van der Waals surface area contributed by atoms with Gasteiger partial charge in [0.1, 0.15) is 48.3 Å². The molecular weight excluding hydrogens is 724 g/mol. The molecule has 0 spiro atoms. The Labute approximate surface area is 308 Å². The topological polar surface area (TPSA) is 293 Å². The SMILES string of the molecule is COc1cc(/C=C/C(=O)O[C@H]2[C@H](O[C@@H]3O[C@@H](C)[C@H](O)[C@@H](O)[C@H]3O)[C@@H](O)[C@H](OCCc3ccc(O)c(O)c3)O[C@@H]2COC2OCC(O)(CO)C2O)ccc1O. The average Bonchev–Trinajstić information content (AvgIpc) is 3.44. The second-order valence-corrected chi connectivity index (χ2v) is 13.1. The number of rotatable bonds is 14. The number of carbonyl (C=O) groups excluding carboxylic acids is 1. The number of aromatic hydroxyl groups is 3. The number of hydrogen-bond donors (Lipinski definition) is 10. The molecule has 19 heteroatoms. The summed E-state index contributed by atoms with van der Waals surface area (Å²) >= 11 is 0. The first-order valence-electron chi connectivity index (χ1n) is 17.0. The molecule has 0 amide bonds. The van der Waals surface area contributed by atoms with Crippen molar-refractivity contribution in [2.24, 2.45) is 0 Å². The summed E-state index contributed by atoms with van der Waals surface area (Å²) in [6.07, 6.45) is -16.6. The predicted octanol–water partition coefficient (Wildman–Crippen LogP) is -2.25. The number of ether oxygens (including phenoxy) is 8. The van der Waals surface area contributed by atoms with Crippen LogP contribution < -0.4 is 4.74 Å². The Morgan fingerprint density at radius 3 is 2.30 bits per heavy atom. The molecule has 2 aromatic rings. The van der Waals surface area contributed by atoms with Crippen LogP contribution in [0.15, 0.2) is 42.5 Å². The molecule has 5 rings (SSSR count). The van der Waals surface area contributed by atoms with E-state index in [9.17, 15) is 55.9 Å². The van der Waals surface area contributed by atoms with Gasteiger partial charge in [-0.15, -0.1) is 0 Å². The molecule has 0 aromatic heterocycles. The number of carbonyl (C=O) groups is 1. The molecule has 3 heterocycles. The van der Waals surface area contributed by atoms with Crippen molar-refractivity contribution in [1.82, 2.24) is 0 Å². The van der Waals surface area contributed by atoms with E-state index in [1.165, 1.54) is 56.5 Å². The molecule has 0 radical (unpaired) electrons. The van der Waals surface area contributed by atoms with E-state index in [0.29, 0.717) is 11.1 Å². The number of phenolic OH excluding ortho intramolecular Hbond substituents is 3. The van der Waals surface area contributed by atoms with Gasteiger partial charge in [0.15, 0.2) is 48.0 Å². The van der Waals surface area contributed by atoms with Crippen LogP contribution in [0.25, 0.3) is 6.08 Å². The quantitative estimate of drug-likeness (QED) is 0.0552. The second-order valence-electron chi connectivity index (χ2n) is 13.1. The zero-order valence-corrected chi connectivity index (χ0v) is 29.2. The lowest BCUT2D eigenvalue weighted by molar-refractivity contribution is -0.360. The van der Waals surface area contributed by atoms with E-state index in [0.717, 1.165) is 6.08 Å². The van der Waals surface area contributed by atoms with E-state index in [-0.39, 0.29) is 36.0 Å². The van der Waals surface area contributed by atoms with Crippen LogP contribution in [-0.4, -0.2) is 170 Å². The van der Waals surface area contributed by atoms with E-state index in [1.54, 1.807) is 0 Å². The molecule has 0 bridgehead atoms. The molecular formula is C35H46O19. The van der Waals surface area contributed by atoms with Gasteiger partial charge in [-0.25, -0.2) is 4.79 Å². The highest BCUT2D eigenvalue weighted by Gasteiger charge is 2.54. The molecule has 0 aliphatic carbocycles. The van der Waals surface area contributed by atoms with Gasteiger partial charge in [0.05, 0.1) is 39.6 Å². The normalized spacial score (nSPS) is 35.6. The molecule has 3 unspecified atom stereocenters. The Morgan fingerprint density at radius 1 is 0.870 bits per heavy atom. The Hall–Kier alpha value is -3.67. The van der Waals surface area contributed by atoms with Crippen molar-refractivity contribution in [3.63, 3.8) is 0 Å². The molecule has 54 heavy (non-hydrogen) atoms. The lowest BCUT2D eigenvalue weighted by Crippen LogP contribution is -2.65. The van der Waals surface area contributed by atoms with Crippen LogP contribution in [0.5, 0.6) is 23.0 Å². The van der Waals surface area contributed by atoms with Crippen LogP contribution in [0.1, 0.15) is 18.1 Å². The summed E-state index contributed by atoms with van der Waals surface area (Å²) in [6.45, 7) is -0.662. The van der Waals surface area contributed by atoms with Gasteiger partial charge in [-0.1, -0.05) is 12.1 Å². The molecule has 3 fully saturated rings. The Morgan fingerprint density at radius 2 is 1.61 bits per heavy atom. The number of aliphatic hydroxyl groups is 7. The summed E-state index contributed by atoms with van der Waals surface area (Å²) in [7, 11) is 1.34. The van der Waals surface area contributed by atoms with E-state index < -0.39 is 105 Å². The summed E-state index contributed by atoms with van der Waals surface area (Å²) in [6, 6.07) is 8.39. The van der Waals surface area contributed by atoms with Crippen molar-refractivity contribution in [3.05, 3.63) is 53.6 Å². The fourth-order valence-electron chi connectivity index (χ4n) is 6.02. The van der Waals surface area contributed by atoms with Crippen molar-refractivity contribution in [2.45, 2.75) is 92.8 Å². The maximum absolute atomic E-state index is 13.3. The summed E-state index contributed by atoms with van der Waals surface area (Å²) in [5, 5.41) is 103. The molecule has 19 nitrogen and oxygen atoms in total. The Bertz CT molecular complexity index is 1590. The van der Waals surface area contributed by atoms with Crippen LogP contribution in [0, 0.1) is 0 Å². The average molecular weight is 771 g/mol. The molecule has 2 aromatic carbocycles. The smallest absolute Gasteiger partial charge is 0.331 e. The largest absolute Gasteiger partial charge is 0.504 e. The maximum atomic E-state index is 13.3. The summed E-state index contributed by atoms with van der Waals surface area (Å²) in [5.41, 5.74) is -1.08. The minimum Gasteiger partial charge on any atom is -0.504 e.